The Morgan fingerprint density at radius 1 is 1.08 bits per heavy atom. The number of benzene rings is 1. The monoisotopic (exact) mass is 363 g/mol. The number of furan rings is 1. The van der Waals surface area contributed by atoms with E-state index in [9.17, 15) is 9.59 Å². The van der Waals surface area contributed by atoms with Gasteiger partial charge in [-0.15, -0.1) is 0 Å². The van der Waals surface area contributed by atoms with E-state index in [1.54, 1.807) is 12.3 Å². The van der Waals surface area contributed by atoms with Crippen LogP contribution in [-0.2, 0) is 0 Å². The van der Waals surface area contributed by atoms with Crippen LogP contribution in [0.2, 0.25) is 0 Å². The molecular weight excluding hydrogens is 350 g/mol. The van der Waals surface area contributed by atoms with Crippen molar-refractivity contribution in [2.24, 2.45) is 0 Å². The number of rotatable bonds is 4. The van der Waals surface area contributed by atoms with Crippen molar-refractivity contribution >= 4 is 22.4 Å². The minimum Gasteiger partial charge on any atom is -0.463 e. The van der Waals surface area contributed by atoms with Crippen LogP contribution in [0.4, 0.5) is 5.13 Å². The van der Waals surface area contributed by atoms with Crippen molar-refractivity contribution in [1.82, 2.24) is 9.97 Å². The maximum absolute atomic E-state index is 12.4. The number of aromatic nitrogens is 2. The lowest BCUT2D eigenvalue weighted by Gasteiger charge is -2.00. The molecule has 0 saturated carbocycles. The van der Waals surface area contributed by atoms with Crippen molar-refractivity contribution in [2.75, 3.05) is 5.32 Å². The van der Waals surface area contributed by atoms with Gasteiger partial charge in [0.25, 0.3) is 5.91 Å². The fraction of sp³-hybridized carbons (Fsp3) is 0. The van der Waals surface area contributed by atoms with Gasteiger partial charge in [-0.2, -0.15) is 0 Å². The van der Waals surface area contributed by atoms with Crippen LogP contribution in [0.1, 0.15) is 10.4 Å². The lowest BCUT2D eigenvalue weighted by atomic mass is 10.1. The molecule has 1 amide bonds. The summed E-state index contributed by atoms with van der Waals surface area (Å²) in [7, 11) is 0. The highest BCUT2D eigenvalue weighted by molar-refractivity contribution is 7.19. The molecule has 6 nitrogen and oxygen atoms in total. The van der Waals surface area contributed by atoms with Crippen molar-refractivity contribution in [3.8, 4) is 21.9 Å². The maximum Gasteiger partial charge on any atom is 0.258 e. The summed E-state index contributed by atoms with van der Waals surface area (Å²) in [6.07, 6.45) is 2.96. The first kappa shape index (κ1) is 16.0. The second-order valence-corrected chi connectivity index (χ2v) is 6.43. The molecule has 0 saturated heterocycles. The maximum atomic E-state index is 12.4. The Bertz CT molecular complexity index is 1080. The van der Waals surface area contributed by atoms with Gasteiger partial charge in [-0.3, -0.25) is 14.9 Å². The first-order valence-corrected chi connectivity index (χ1v) is 8.62. The standard InChI is InChI=1S/C19H13N3O3S/c23-15-9-8-13(11-20-15)18(24)22-19-21-16(14-7-4-10-25-14)17(26-19)12-5-2-1-3-6-12/h1-11H,(H,20,23)(H,21,22,24). The molecule has 128 valence electrons. The molecule has 3 heterocycles. The van der Waals surface area contributed by atoms with Gasteiger partial charge in [-0.05, 0) is 23.8 Å². The highest BCUT2D eigenvalue weighted by atomic mass is 32.1. The van der Waals surface area contributed by atoms with Crippen LogP contribution in [0.25, 0.3) is 21.9 Å². The van der Waals surface area contributed by atoms with E-state index in [1.165, 1.54) is 29.7 Å². The summed E-state index contributed by atoms with van der Waals surface area (Å²) in [5, 5.41) is 3.23. The van der Waals surface area contributed by atoms with Gasteiger partial charge in [-0.25, -0.2) is 4.98 Å². The normalized spacial score (nSPS) is 10.6. The van der Waals surface area contributed by atoms with E-state index in [0.717, 1.165) is 10.4 Å². The van der Waals surface area contributed by atoms with E-state index < -0.39 is 0 Å². The number of H-pyrrole nitrogens is 1. The van der Waals surface area contributed by atoms with Gasteiger partial charge in [0, 0.05) is 12.3 Å². The minimum absolute atomic E-state index is 0.262. The van der Waals surface area contributed by atoms with Gasteiger partial charge in [0.2, 0.25) is 5.56 Å². The number of carbonyl (C=O) groups is 1. The van der Waals surface area contributed by atoms with Gasteiger partial charge in [-0.1, -0.05) is 41.7 Å². The third-order valence-electron chi connectivity index (χ3n) is 3.68. The second kappa shape index (κ2) is 6.81. The molecule has 0 radical (unpaired) electrons. The van der Waals surface area contributed by atoms with Crippen molar-refractivity contribution in [3.05, 3.63) is 83.0 Å². The van der Waals surface area contributed by atoms with Crippen LogP contribution in [-0.4, -0.2) is 15.9 Å². The van der Waals surface area contributed by atoms with Crippen molar-refractivity contribution in [3.63, 3.8) is 0 Å². The Kier molecular flexibility index (Phi) is 4.20. The van der Waals surface area contributed by atoms with Crippen molar-refractivity contribution in [2.45, 2.75) is 0 Å². The fourth-order valence-electron chi connectivity index (χ4n) is 2.46. The zero-order chi connectivity index (χ0) is 17.9. The Balaban J connectivity index is 1.70. The topological polar surface area (TPSA) is 88.0 Å². The molecule has 0 spiro atoms. The Labute approximate surface area is 152 Å². The number of nitrogens with zero attached hydrogens (tertiary/aromatic N) is 1. The molecule has 0 aliphatic rings. The van der Waals surface area contributed by atoms with E-state index in [4.69, 9.17) is 4.42 Å². The van der Waals surface area contributed by atoms with Gasteiger partial charge < -0.3 is 9.40 Å². The van der Waals surface area contributed by atoms with Gasteiger partial charge in [0.05, 0.1) is 16.7 Å². The third-order valence-corrected chi connectivity index (χ3v) is 4.70. The molecule has 0 aliphatic heterocycles. The quantitative estimate of drug-likeness (QED) is 0.573. The van der Waals surface area contributed by atoms with Crippen LogP contribution in [0.15, 0.2) is 76.3 Å². The second-order valence-electron chi connectivity index (χ2n) is 5.44. The van der Waals surface area contributed by atoms with E-state index in [2.05, 4.69) is 15.3 Å². The molecule has 0 unspecified atom stereocenters. The van der Waals surface area contributed by atoms with Crippen LogP contribution >= 0.6 is 11.3 Å². The largest absolute Gasteiger partial charge is 0.463 e. The molecule has 4 aromatic rings. The van der Waals surface area contributed by atoms with Gasteiger partial charge in [0.1, 0.15) is 5.69 Å². The number of anilines is 1. The predicted octanol–water partition coefficient (Wildman–Crippen LogP) is 4.01. The lowest BCUT2D eigenvalue weighted by molar-refractivity contribution is 0.102. The number of nitrogens with one attached hydrogen (secondary N) is 2. The smallest absolute Gasteiger partial charge is 0.258 e. The van der Waals surface area contributed by atoms with E-state index in [0.29, 0.717) is 22.1 Å². The Morgan fingerprint density at radius 2 is 1.92 bits per heavy atom. The van der Waals surface area contributed by atoms with Crippen LogP contribution < -0.4 is 10.9 Å². The molecule has 0 fully saturated rings. The first-order chi connectivity index (χ1) is 12.7. The van der Waals surface area contributed by atoms with E-state index >= 15 is 0 Å². The molecule has 0 aliphatic carbocycles. The summed E-state index contributed by atoms with van der Waals surface area (Å²) in [5.74, 6) is 0.283. The number of thiazole rings is 1. The average molecular weight is 363 g/mol. The molecule has 1 aromatic carbocycles. The molecule has 4 rings (SSSR count). The van der Waals surface area contributed by atoms with Gasteiger partial charge >= 0.3 is 0 Å². The molecule has 3 aromatic heterocycles. The summed E-state index contributed by atoms with van der Waals surface area (Å²) in [5.41, 5.74) is 1.74. The lowest BCUT2D eigenvalue weighted by Crippen LogP contribution is -2.14. The number of carbonyl (C=O) groups excluding carboxylic acids is 1. The van der Waals surface area contributed by atoms with Crippen LogP contribution in [0, 0.1) is 0 Å². The fourth-order valence-corrected chi connectivity index (χ4v) is 3.43. The van der Waals surface area contributed by atoms with Gasteiger partial charge in [0.15, 0.2) is 10.9 Å². The number of aromatic amines is 1. The zero-order valence-corrected chi connectivity index (χ0v) is 14.2. The van der Waals surface area contributed by atoms with Crippen LogP contribution in [0.3, 0.4) is 0 Å². The van der Waals surface area contributed by atoms with E-state index in [-0.39, 0.29) is 11.5 Å². The summed E-state index contributed by atoms with van der Waals surface area (Å²) in [6, 6.07) is 16.2. The predicted molar refractivity (Wildman–Crippen MR) is 100 cm³/mol. The summed E-state index contributed by atoms with van der Waals surface area (Å²) >= 11 is 1.36. The molecule has 26 heavy (non-hydrogen) atoms. The number of amides is 1. The molecule has 2 N–H and O–H groups in total. The summed E-state index contributed by atoms with van der Waals surface area (Å²) in [6.45, 7) is 0. The van der Waals surface area contributed by atoms with E-state index in [1.807, 2.05) is 36.4 Å². The molecule has 0 bridgehead atoms. The van der Waals surface area contributed by atoms with Crippen LogP contribution in [0.5, 0.6) is 0 Å². The number of hydrogen-bond donors (Lipinski definition) is 2. The van der Waals surface area contributed by atoms with Crippen molar-refractivity contribution in [1.29, 1.82) is 0 Å². The van der Waals surface area contributed by atoms with Crippen molar-refractivity contribution < 1.29 is 9.21 Å². The molecule has 0 atom stereocenters. The SMILES string of the molecule is O=C(Nc1nc(-c2ccco2)c(-c2ccccc2)s1)c1ccc(=O)[nH]c1. The average Bonchev–Trinajstić information content (AvgIpc) is 3.32. The summed E-state index contributed by atoms with van der Waals surface area (Å²) in [4.78, 5) is 31.4. The third kappa shape index (κ3) is 3.20. The molecular formula is C19H13N3O3S. The Morgan fingerprint density at radius 3 is 2.62 bits per heavy atom. The number of pyridine rings is 1. The highest BCUT2D eigenvalue weighted by Crippen LogP contribution is 2.39. The highest BCUT2D eigenvalue weighted by Gasteiger charge is 2.18. The molecule has 7 heteroatoms. The Hall–Kier alpha value is -3.45. The summed E-state index contributed by atoms with van der Waals surface area (Å²) < 4.78 is 5.49. The number of hydrogen-bond acceptors (Lipinski definition) is 5. The first-order valence-electron chi connectivity index (χ1n) is 7.81. The zero-order valence-electron chi connectivity index (χ0n) is 13.4. The minimum atomic E-state index is -0.347.